The van der Waals surface area contributed by atoms with Crippen LogP contribution in [0, 0.1) is 0 Å². The third kappa shape index (κ3) is 5.56. The van der Waals surface area contributed by atoms with Gasteiger partial charge in [-0.05, 0) is 24.3 Å². The van der Waals surface area contributed by atoms with Gasteiger partial charge in [-0.15, -0.1) is 0 Å². The van der Waals surface area contributed by atoms with E-state index < -0.39 is 30.3 Å². The quantitative estimate of drug-likeness (QED) is 0.363. The van der Waals surface area contributed by atoms with Gasteiger partial charge in [-0.2, -0.15) is 4.98 Å². The lowest BCUT2D eigenvalue weighted by Crippen LogP contribution is -2.42. The van der Waals surface area contributed by atoms with Crippen molar-refractivity contribution in [3.05, 3.63) is 41.6 Å². The van der Waals surface area contributed by atoms with E-state index in [9.17, 15) is 14.4 Å². The van der Waals surface area contributed by atoms with Gasteiger partial charge in [0.1, 0.15) is 11.9 Å². The summed E-state index contributed by atoms with van der Waals surface area (Å²) in [4.78, 5) is 41.4. The molecule has 0 saturated carbocycles. The van der Waals surface area contributed by atoms with Crippen LogP contribution in [0.4, 0.5) is 17.5 Å². The maximum Gasteiger partial charge on any atom is 0.326 e. The van der Waals surface area contributed by atoms with Gasteiger partial charge < -0.3 is 32.3 Å². The molecule has 0 aliphatic carbocycles. The van der Waals surface area contributed by atoms with Crippen LogP contribution in [0.3, 0.4) is 0 Å². The van der Waals surface area contributed by atoms with Crippen LogP contribution in [0.5, 0.6) is 0 Å². The van der Waals surface area contributed by atoms with Crippen molar-refractivity contribution in [1.82, 2.24) is 15.3 Å². The molecule has 1 atom stereocenters. The predicted octanol–water partition coefficient (Wildman–Crippen LogP) is -0.0892. The first-order chi connectivity index (χ1) is 12.8. The van der Waals surface area contributed by atoms with Gasteiger partial charge in [-0.25, -0.2) is 9.78 Å². The van der Waals surface area contributed by atoms with E-state index in [4.69, 9.17) is 21.7 Å². The second-order valence-corrected chi connectivity index (χ2v) is 5.53. The number of carbonyl (C=O) groups is 3. The van der Waals surface area contributed by atoms with E-state index in [1.165, 1.54) is 18.3 Å². The van der Waals surface area contributed by atoms with Gasteiger partial charge in [0.15, 0.2) is 0 Å². The minimum Gasteiger partial charge on any atom is -0.481 e. The highest BCUT2D eigenvalue weighted by molar-refractivity contribution is 5.97. The molecule has 0 radical (unpaired) electrons. The van der Waals surface area contributed by atoms with Crippen LogP contribution >= 0.6 is 0 Å². The number of nitrogens with one attached hydrogen (secondary N) is 2. The van der Waals surface area contributed by atoms with E-state index in [-0.39, 0.29) is 17.3 Å². The Hall–Kier alpha value is -3.89. The maximum absolute atomic E-state index is 12.1. The van der Waals surface area contributed by atoms with E-state index in [0.717, 1.165) is 0 Å². The standard InChI is InChI=1S/C16H18N6O5/c17-13-9(7-20-16(18)22-13)6-19-10-3-1-8(2-4-10)14(25)21-11(15(26)27)5-12(23)24/h1-4,7,11,19H,5-6H2,(H,21,25)(H,23,24)(H,26,27)(H4,17,18,20,22). The molecule has 1 heterocycles. The lowest BCUT2D eigenvalue weighted by molar-refractivity contribution is -0.145. The van der Waals surface area contributed by atoms with Crippen LogP contribution in [-0.4, -0.2) is 44.1 Å². The van der Waals surface area contributed by atoms with E-state index in [0.29, 0.717) is 17.8 Å². The summed E-state index contributed by atoms with van der Waals surface area (Å²) in [6, 6.07) is 4.65. The highest BCUT2D eigenvalue weighted by atomic mass is 16.4. The molecule has 1 unspecified atom stereocenters. The Bertz CT molecular complexity index is 855. The van der Waals surface area contributed by atoms with Crippen molar-refractivity contribution in [3.8, 4) is 0 Å². The number of carbonyl (C=O) groups excluding carboxylic acids is 1. The number of benzene rings is 1. The summed E-state index contributed by atoms with van der Waals surface area (Å²) in [5.41, 5.74) is 12.7. The number of nitrogens with two attached hydrogens (primary N) is 2. The summed E-state index contributed by atoms with van der Waals surface area (Å²) in [5.74, 6) is -3.11. The number of nitrogen functional groups attached to an aromatic ring is 2. The first-order valence-electron chi connectivity index (χ1n) is 7.72. The van der Waals surface area contributed by atoms with Crippen molar-refractivity contribution in [1.29, 1.82) is 0 Å². The Labute approximate surface area is 153 Å². The number of hydrogen-bond donors (Lipinski definition) is 6. The van der Waals surface area contributed by atoms with Crippen molar-refractivity contribution >= 4 is 35.3 Å². The minimum absolute atomic E-state index is 0.0779. The molecule has 0 fully saturated rings. The number of amides is 1. The van der Waals surface area contributed by atoms with Gasteiger partial charge in [-0.3, -0.25) is 9.59 Å². The highest BCUT2D eigenvalue weighted by Gasteiger charge is 2.23. The largest absolute Gasteiger partial charge is 0.481 e. The second kappa shape index (κ2) is 8.47. The Morgan fingerprint density at radius 1 is 1.11 bits per heavy atom. The summed E-state index contributed by atoms with van der Waals surface area (Å²) in [5, 5.41) is 22.9. The molecule has 1 aromatic heterocycles. The minimum atomic E-state index is -1.51. The monoisotopic (exact) mass is 374 g/mol. The van der Waals surface area contributed by atoms with E-state index in [1.807, 2.05) is 0 Å². The SMILES string of the molecule is Nc1ncc(CNc2ccc(C(=O)NC(CC(=O)O)C(=O)O)cc2)c(N)n1. The zero-order valence-corrected chi connectivity index (χ0v) is 14.0. The molecule has 2 aromatic rings. The molecular weight excluding hydrogens is 356 g/mol. The van der Waals surface area contributed by atoms with Crippen molar-refractivity contribution in [2.75, 3.05) is 16.8 Å². The van der Waals surface area contributed by atoms with Gasteiger partial charge in [0.05, 0.1) is 6.42 Å². The number of aromatic nitrogens is 2. The average molecular weight is 374 g/mol. The summed E-state index contributed by atoms with van der Waals surface area (Å²) < 4.78 is 0. The van der Waals surface area contributed by atoms with Crippen LogP contribution < -0.4 is 22.1 Å². The van der Waals surface area contributed by atoms with Gasteiger partial charge in [0, 0.05) is 29.6 Å². The van der Waals surface area contributed by atoms with Gasteiger partial charge >= 0.3 is 11.9 Å². The van der Waals surface area contributed by atoms with Crippen molar-refractivity contribution < 1.29 is 24.6 Å². The first-order valence-corrected chi connectivity index (χ1v) is 7.72. The van der Waals surface area contributed by atoms with Gasteiger partial charge in [0.25, 0.3) is 5.91 Å². The smallest absolute Gasteiger partial charge is 0.326 e. The van der Waals surface area contributed by atoms with Crippen LogP contribution in [0.2, 0.25) is 0 Å². The summed E-state index contributed by atoms with van der Waals surface area (Å²) in [6.45, 7) is 0.331. The molecule has 1 aromatic carbocycles. The van der Waals surface area contributed by atoms with Crippen LogP contribution in [0.25, 0.3) is 0 Å². The summed E-state index contributed by atoms with van der Waals surface area (Å²) in [7, 11) is 0. The lowest BCUT2D eigenvalue weighted by Gasteiger charge is -2.13. The normalized spacial score (nSPS) is 11.4. The van der Waals surface area contributed by atoms with Gasteiger partial charge in [-0.1, -0.05) is 0 Å². The Morgan fingerprint density at radius 3 is 2.33 bits per heavy atom. The predicted molar refractivity (Wildman–Crippen MR) is 95.8 cm³/mol. The number of rotatable bonds is 8. The second-order valence-electron chi connectivity index (χ2n) is 5.53. The number of hydrogen-bond acceptors (Lipinski definition) is 8. The molecule has 0 saturated heterocycles. The molecule has 0 spiro atoms. The average Bonchev–Trinajstić information content (AvgIpc) is 2.60. The zero-order valence-electron chi connectivity index (χ0n) is 14.0. The zero-order chi connectivity index (χ0) is 20.0. The summed E-state index contributed by atoms with van der Waals surface area (Å²) in [6.07, 6.45) is 0.784. The summed E-state index contributed by atoms with van der Waals surface area (Å²) >= 11 is 0. The van der Waals surface area contributed by atoms with Crippen LogP contribution in [0.1, 0.15) is 22.3 Å². The van der Waals surface area contributed by atoms with Crippen LogP contribution in [0.15, 0.2) is 30.5 Å². The van der Waals surface area contributed by atoms with E-state index in [2.05, 4.69) is 20.6 Å². The molecule has 1 amide bonds. The maximum atomic E-state index is 12.1. The molecule has 8 N–H and O–H groups in total. The number of aliphatic carboxylic acids is 2. The van der Waals surface area contributed by atoms with E-state index in [1.54, 1.807) is 12.1 Å². The number of carboxylic acid groups (broad SMARTS) is 2. The van der Waals surface area contributed by atoms with Gasteiger partial charge in [0.2, 0.25) is 5.95 Å². The Morgan fingerprint density at radius 2 is 1.78 bits per heavy atom. The molecule has 11 nitrogen and oxygen atoms in total. The molecule has 27 heavy (non-hydrogen) atoms. The molecule has 0 aliphatic heterocycles. The Kier molecular flexibility index (Phi) is 6.10. The number of nitrogens with zero attached hydrogens (tertiary/aromatic N) is 2. The molecule has 0 bridgehead atoms. The number of carboxylic acids is 2. The highest BCUT2D eigenvalue weighted by Crippen LogP contribution is 2.14. The van der Waals surface area contributed by atoms with Crippen molar-refractivity contribution in [3.63, 3.8) is 0 Å². The Balaban J connectivity index is 1.98. The lowest BCUT2D eigenvalue weighted by atomic mass is 10.1. The molecule has 11 heteroatoms. The van der Waals surface area contributed by atoms with Crippen LogP contribution in [-0.2, 0) is 16.1 Å². The van der Waals surface area contributed by atoms with Crippen molar-refractivity contribution in [2.24, 2.45) is 0 Å². The fourth-order valence-corrected chi connectivity index (χ4v) is 2.12. The topological polar surface area (TPSA) is 194 Å². The third-order valence-electron chi connectivity index (χ3n) is 3.53. The molecule has 2 rings (SSSR count). The molecule has 142 valence electrons. The van der Waals surface area contributed by atoms with E-state index >= 15 is 0 Å². The fraction of sp³-hybridized carbons (Fsp3) is 0.188. The number of anilines is 3. The fourth-order valence-electron chi connectivity index (χ4n) is 2.12. The first kappa shape index (κ1) is 19.4. The third-order valence-corrected chi connectivity index (χ3v) is 3.53. The molecule has 0 aliphatic rings. The molecular formula is C16H18N6O5. The van der Waals surface area contributed by atoms with Crippen molar-refractivity contribution in [2.45, 2.75) is 19.0 Å².